The third-order valence-electron chi connectivity index (χ3n) is 2.82. The molecule has 0 saturated heterocycles. The Morgan fingerprint density at radius 1 is 1.14 bits per heavy atom. The second-order valence-corrected chi connectivity index (χ2v) is 4.55. The minimum Gasteiger partial charge on any atom is -0.382 e. The van der Waals surface area contributed by atoms with Crippen molar-refractivity contribution in [3.8, 4) is 0 Å². The lowest BCUT2D eigenvalue weighted by Crippen LogP contribution is -2.31. The van der Waals surface area contributed by atoms with Gasteiger partial charge < -0.3 is 16.0 Å². The van der Waals surface area contributed by atoms with Gasteiger partial charge in [0, 0.05) is 26.1 Å². The van der Waals surface area contributed by atoms with E-state index in [0.717, 1.165) is 6.42 Å². The van der Waals surface area contributed by atoms with E-state index in [1.54, 1.807) is 6.07 Å². The van der Waals surface area contributed by atoms with E-state index in [9.17, 15) is 14.0 Å². The number of anilines is 1. The van der Waals surface area contributed by atoms with E-state index < -0.39 is 11.7 Å². The summed E-state index contributed by atoms with van der Waals surface area (Å²) in [5.74, 6) is -0.970. The third kappa shape index (κ3) is 5.41. The van der Waals surface area contributed by atoms with Crippen LogP contribution in [0.3, 0.4) is 0 Å². The maximum absolute atomic E-state index is 13.7. The molecule has 0 bridgehead atoms. The molecule has 0 aliphatic heterocycles. The van der Waals surface area contributed by atoms with E-state index in [4.69, 9.17) is 0 Å². The number of nitrogens with one attached hydrogen (secondary N) is 3. The van der Waals surface area contributed by atoms with E-state index in [0.29, 0.717) is 13.1 Å². The maximum atomic E-state index is 13.7. The van der Waals surface area contributed by atoms with Crippen LogP contribution in [0.1, 0.15) is 37.0 Å². The summed E-state index contributed by atoms with van der Waals surface area (Å²) in [4.78, 5) is 23.4. The van der Waals surface area contributed by atoms with Crippen LogP contribution >= 0.6 is 0 Å². The minimum absolute atomic E-state index is 0.108. The number of halogens is 1. The van der Waals surface area contributed by atoms with Crippen LogP contribution < -0.4 is 16.0 Å². The van der Waals surface area contributed by atoms with Crippen LogP contribution in [0.25, 0.3) is 0 Å². The Morgan fingerprint density at radius 3 is 2.57 bits per heavy atom. The second-order valence-electron chi connectivity index (χ2n) is 4.55. The number of carbonyl (C=O) groups excluding carboxylic acids is 2. The van der Waals surface area contributed by atoms with Gasteiger partial charge >= 0.3 is 0 Å². The lowest BCUT2D eigenvalue weighted by atomic mass is 10.1. The van der Waals surface area contributed by atoms with Crippen LogP contribution in [0.2, 0.25) is 0 Å². The van der Waals surface area contributed by atoms with Crippen LogP contribution in [0.4, 0.5) is 10.1 Å². The summed E-state index contributed by atoms with van der Waals surface area (Å²) < 4.78 is 13.7. The molecule has 1 aromatic rings. The molecule has 0 unspecified atom stereocenters. The van der Waals surface area contributed by atoms with Crippen molar-refractivity contribution in [2.24, 2.45) is 0 Å². The predicted molar refractivity (Wildman–Crippen MR) is 80.8 cm³/mol. The van der Waals surface area contributed by atoms with Crippen LogP contribution in [0.5, 0.6) is 0 Å². The molecule has 2 amide bonds. The topological polar surface area (TPSA) is 70.2 Å². The van der Waals surface area contributed by atoms with E-state index in [1.165, 1.54) is 12.1 Å². The van der Waals surface area contributed by atoms with Crippen LogP contribution in [-0.4, -0.2) is 31.4 Å². The summed E-state index contributed by atoms with van der Waals surface area (Å²) in [6.07, 6.45) is 1.07. The zero-order valence-electron chi connectivity index (χ0n) is 12.5. The average Bonchev–Trinajstić information content (AvgIpc) is 2.47. The van der Waals surface area contributed by atoms with Crippen LogP contribution in [-0.2, 0) is 4.79 Å². The molecule has 1 rings (SSSR count). The lowest BCUT2D eigenvalue weighted by Gasteiger charge is -2.12. The second kappa shape index (κ2) is 8.94. The SMILES string of the molecule is CCCNC(=O)CCNC(=O)c1cccc(F)c1NCC. The summed E-state index contributed by atoms with van der Waals surface area (Å²) in [6, 6.07) is 4.33. The number of hydrogen-bond donors (Lipinski definition) is 3. The van der Waals surface area contributed by atoms with Gasteiger partial charge in [0.2, 0.25) is 5.91 Å². The molecule has 0 saturated carbocycles. The van der Waals surface area contributed by atoms with Gasteiger partial charge in [-0.2, -0.15) is 0 Å². The van der Waals surface area contributed by atoms with Crippen LogP contribution in [0.15, 0.2) is 18.2 Å². The Morgan fingerprint density at radius 2 is 1.90 bits per heavy atom. The van der Waals surface area contributed by atoms with Gasteiger partial charge in [0.15, 0.2) is 0 Å². The molecular weight excluding hydrogens is 273 g/mol. The first-order valence-electron chi connectivity index (χ1n) is 7.17. The van der Waals surface area contributed by atoms with E-state index in [1.807, 2.05) is 13.8 Å². The molecule has 0 aromatic heterocycles. The molecule has 0 heterocycles. The number of amides is 2. The van der Waals surface area contributed by atoms with Crippen molar-refractivity contribution in [2.75, 3.05) is 25.0 Å². The Balaban J connectivity index is 2.56. The first-order valence-corrected chi connectivity index (χ1v) is 7.17. The number of carbonyl (C=O) groups is 2. The number of benzene rings is 1. The van der Waals surface area contributed by atoms with Gasteiger partial charge in [0.05, 0.1) is 11.3 Å². The quantitative estimate of drug-likeness (QED) is 0.686. The maximum Gasteiger partial charge on any atom is 0.253 e. The van der Waals surface area contributed by atoms with Gasteiger partial charge in [-0.25, -0.2) is 4.39 Å². The van der Waals surface area contributed by atoms with E-state index >= 15 is 0 Å². The first kappa shape index (κ1) is 16.9. The standard InChI is InChI=1S/C15H22FN3O2/c1-3-9-18-13(20)8-10-19-15(21)11-6-5-7-12(16)14(11)17-4-2/h5-7,17H,3-4,8-10H2,1-2H3,(H,18,20)(H,19,21). The normalized spacial score (nSPS) is 10.0. The first-order chi connectivity index (χ1) is 10.1. The zero-order valence-corrected chi connectivity index (χ0v) is 12.5. The molecule has 0 aliphatic rings. The summed E-state index contributed by atoms with van der Waals surface area (Å²) in [5, 5.41) is 8.19. The van der Waals surface area contributed by atoms with Crippen molar-refractivity contribution in [3.05, 3.63) is 29.6 Å². The van der Waals surface area contributed by atoms with Crippen molar-refractivity contribution in [1.82, 2.24) is 10.6 Å². The van der Waals surface area contributed by atoms with Crippen molar-refractivity contribution in [1.29, 1.82) is 0 Å². The fourth-order valence-corrected chi connectivity index (χ4v) is 1.81. The molecule has 5 nitrogen and oxygen atoms in total. The Labute approximate surface area is 124 Å². The van der Waals surface area contributed by atoms with Crippen LogP contribution in [0, 0.1) is 5.82 Å². The molecule has 0 atom stereocenters. The van der Waals surface area contributed by atoms with E-state index in [2.05, 4.69) is 16.0 Å². The Kier molecular flexibility index (Phi) is 7.21. The van der Waals surface area contributed by atoms with Gasteiger partial charge in [-0.1, -0.05) is 13.0 Å². The van der Waals surface area contributed by atoms with Crippen molar-refractivity contribution in [3.63, 3.8) is 0 Å². The van der Waals surface area contributed by atoms with Crippen molar-refractivity contribution >= 4 is 17.5 Å². The largest absolute Gasteiger partial charge is 0.382 e. The highest BCUT2D eigenvalue weighted by Crippen LogP contribution is 2.19. The van der Waals surface area contributed by atoms with E-state index in [-0.39, 0.29) is 30.1 Å². The van der Waals surface area contributed by atoms with Gasteiger partial charge in [-0.05, 0) is 25.5 Å². The average molecular weight is 295 g/mol. The molecule has 21 heavy (non-hydrogen) atoms. The summed E-state index contributed by atoms with van der Waals surface area (Å²) >= 11 is 0. The Hall–Kier alpha value is -2.11. The number of hydrogen-bond acceptors (Lipinski definition) is 3. The van der Waals surface area contributed by atoms with Gasteiger partial charge in [0.1, 0.15) is 5.82 Å². The fourth-order valence-electron chi connectivity index (χ4n) is 1.81. The molecular formula is C15H22FN3O2. The monoisotopic (exact) mass is 295 g/mol. The smallest absolute Gasteiger partial charge is 0.253 e. The summed E-state index contributed by atoms with van der Waals surface area (Å²) in [6.45, 7) is 5.15. The highest BCUT2D eigenvalue weighted by molar-refractivity contribution is 5.99. The summed E-state index contributed by atoms with van der Waals surface area (Å²) in [5.41, 5.74) is 0.429. The zero-order chi connectivity index (χ0) is 15.7. The summed E-state index contributed by atoms with van der Waals surface area (Å²) in [7, 11) is 0. The Bertz CT molecular complexity index is 492. The molecule has 0 radical (unpaired) electrons. The van der Waals surface area contributed by atoms with Crippen molar-refractivity contribution < 1.29 is 14.0 Å². The molecule has 116 valence electrons. The molecule has 0 aliphatic carbocycles. The van der Waals surface area contributed by atoms with Gasteiger partial charge in [0.25, 0.3) is 5.91 Å². The molecule has 3 N–H and O–H groups in total. The molecule has 6 heteroatoms. The fraction of sp³-hybridized carbons (Fsp3) is 0.467. The molecule has 0 fully saturated rings. The van der Waals surface area contributed by atoms with Gasteiger partial charge in [-0.15, -0.1) is 0 Å². The number of para-hydroxylation sites is 1. The predicted octanol–water partition coefficient (Wildman–Crippen LogP) is 1.90. The van der Waals surface area contributed by atoms with Crippen molar-refractivity contribution in [2.45, 2.75) is 26.7 Å². The number of rotatable bonds is 8. The minimum atomic E-state index is -0.467. The lowest BCUT2D eigenvalue weighted by molar-refractivity contribution is -0.120. The molecule has 1 aromatic carbocycles. The van der Waals surface area contributed by atoms with Gasteiger partial charge in [-0.3, -0.25) is 9.59 Å². The third-order valence-corrected chi connectivity index (χ3v) is 2.82. The molecule has 0 spiro atoms. The highest BCUT2D eigenvalue weighted by atomic mass is 19.1. The highest BCUT2D eigenvalue weighted by Gasteiger charge is 2.14.